The van der Waals surface area contributed by atoms with Gasteiger partial charge in [0.2, 0.25) is 0 Å². The van der Waals surface area contributed by atoms with Gasteiger partial charge >= 0.3 is 0 Å². The second kappa shape index (κ2) is 3.64. The average Bonchev–Trinajstić information content (AvgIpc) is 2.54. The van der Waals surface area contributed by atoms with E-state index in [9.17, 15) is 0 Å². The molecule has 4 nitrogen and oxygen atoms in total. The minimum Gasteiger partial charge on any atom is -0.495 e. The summed E-state index contributed by atoms with van der Waals surface area (Å²) in [5.74, 6) is 2.28. The lowest BCUT2D eigenvalue weighted by Gasteiger charge is -2.25. The van der Waals surface area contributed by atoms with E-state index in [2.05, 4.69) is 10.3 Å². The molecule has 0 unspecified atom stereocenters. The molecule has 1 fully saturated rings. The van der Waals surface area contributed by atoms with Crippen molar-refractivity contribution in [1.82, 2.24) is 14.7 Å². The first-order valence-corrected chi connectivity index (χ1v) is 5.59. The van der Waals surface area contributed by atoms with Crippen LogP contribution in [0.4, 0.5) is 0 Å². The lowest BCUT2D eigenvalue weighted by atomic mass is 10.0. The maximum Gasteiger partial charge on any atom is 0.155 e. The summed E-state index contributed by atoms with van der Waals surface area (Å²) >= 11 is 6.11. The molecular formula is C11H12ClN3O. The van der Waals surface area contributed by atoms with Crippen molar-refractivity contribution in [2.24, 2.45) is 0 Å². The monoisotopic (exact) mass is 237 g/mol. The highest BCUT2D eigenvalue weighted by atomic mass is 35.5. The quantitative estimate of drug-likeness (QED) is 0.864. The van der Waals surface area contributed by atoms with Crippen LogP contribution < -0.4 is 10.1 Å². The first-order chi connectivity index (χ1) is 7.79. The zero-order chi connectivity index (χ0) is 11.1. The molecule has 0 saturated carbocycles. The molecule has 0 aromatic carbocycles. The normalized spacial score (nSPS) is 16.4. The number of methoxy groups -OCH3 is 1. The van der Waals surface area contributed by atoms with Crippen LogP contribution in [0.15, 0.2) is 18.3 Å². The standard InChI is InChI=1S/C11H12ClN3O/c1-16-8-2-3-9-10(12)14-11(15(9)6-8)7-4-13-5-7/h2-3,6-7,13H,4-5H2,1H3. The SMILES string of the molecule is COc1ccc2c(Cl)nc(C3CNC3)n2c1. The van der Waals surface area contributed by atoms with Crippen molar-refractivity contribution >= 4 is 17.1 Å². The molecule has 2 aromatic heterocycles. The molecule has 3 heterocycles. The smallest absolute Gasteiger partial charge is 0.155 e. The Balaban J connectivity index is 2.19. The molecule has 1 aliphatic rings. The number of halogens is 1. The predicted octanol–water partition coefficient (Wildman–Crippen LogP) is 1.68. The third kappa shape index (κ3) is 1.37. The maximum atomic E-state index is 6.11. The van der Waals surface area contributed by atoms with Gasteiger partial charge in [0.1, 0.15) is 11.6 Å². The first-order valence-electron chi connectivity index (χ1n) is 5.22. The number of hydrogen-bond acceptors (Lipinski definition) is 3. The number of pyridine rings is 1. The van der Waals surface area contributed by atoms with Crippen molar-refractivity contribution in [1.29, 1.82) is 0 Å². The summed E-state index contributed by atoms with van der Waals surface area (Å²) in [5.41, 5.74) is 0.935. The molecule has 0 atom stereocenters. The van der Waals surface area contributed by atoms with Gasteiger partial charge in [0.15, 0.2) is 5.15 Å². The Labute approximate surface area is 98.2 Å². The highest BCUT2D eigenvalue weighted by molar-refractivity contribution is 6.32. The van der Waals surface area contributed by atoms with E-state index in [-0.39, 0.29) is 0 Å². The van der Waals surface area contributed by atoms with Crippen LogP contribution in [0.1, 0.15) is 11.7 Å². The number of nitrogens with one attached hydrogen (secondary N) is 1. The van der Waals surface area contributed by atoms with E-state index in [1.807, 2.05) is 22.7 Å². The lowest BCUT2D eigenvalue weighted by molar-refractivity contribution is 0.408. The number of rotatable bonds is 2. The van der Waals surface area contributed by atoms with Crippen LogP contribution in [0.3, 0.4) is 0 Å². The Morgan fingerprint density at radius 2 is 2.31 bits per heavy atom. The number of fused-ring (bicyclic) bond motifs is 1. The number of imidazole rings is 1. The van der Waals surface area contributed by atoms with Gasteiger partial charge in [0.05, 0.1) is 18.8 Å². The molecular weight excluding hydrogens is 226 g/mol. The van der Waals surface area contributed by atoms with E-state index in [1.165, 1.54) is 0 Å². The Kier molecular flexibility index (Phi) is 2.26. The van der Waals surface area contributed by atoms with Crippen LogP contribution >= 0.6 is 11.6 Å². The third-order valence-electron chi connectivity index (χ3n) is 2.97. The molecule has 0 radical (unpaired) electrons. The summed E-state index contributed by atoms with van der Waals surface area (Å²) in [4.78, 5) is 4.42. The van der Waals surface area contributed by atoms with Crippen LogP contribution in [0.25, 0.3) is 5.52 Å². The Bertz CT molecular complexity index is 533. The van der Waals surface area contributed by atoms with Crippen LogP contribution in [0.5, 0.6) is 5.75 Å². The minimum absolute atomic E-state index is 0.451. The van der Waals surface area contributed by atoms with Gasteiger partial charge in [-0.3, -0.25) is 4.40 Å². The van der Waals surface area contributed by atoms with Gasteiger partial charge in [-0.05, 0) is 12.1 Å². The van der Waals surface area contributed by atoms with Crippen molar-refractivity contribution in [3.8, 4) is 5.75 Å². The number of aromatic nitrogens is 2. The van der Waals surface area contributed by atoms with E-state index >= 15 is 0 Å². The fourth-order valence-electron chi connectivity index (χ4n) is 1.93. The Morgan fingerprint density at radius 1 is 1.50 bits per heavy atom. The van der Waals surface area contributed by atoms with E-state index in [1.54, 1.807) is 7.11 Å². The Hall–Kier alpha value is -1.26. The lowest BCUT2D eigenvalue weighted by Crippen LogP contribution is -2.40. The largest absolute Gasteiger partial charge is 0.495 e. The van der Waals surface area contributed by atoms with Crippen LogP contribution in [-0.4, -0.2) is 29.6 Å². The van der Waals surface area contributed by atoms with Gasteiger partial charge in [-0.15, -0.1) is 0 Å². The van der Waals surface area contributed by atoms with E-state index in [0.717, 1.165) is 30.2 Å². The minimum atomic E-state index is 0.451. The number of hydrogen-bond donors (Lipinski definition) is 1. The van der Waals surface area contributed by atoms with Crippen LogP contribution in [0, 0.1) is 0 Å². The third-order valence-corrected chi connectivity index (χ3v) is 3.25. The molecule has 2 aromatic rings. The fourth-order valence-corrected chi connectivity index (χ4v) is 2.17. The summed E-state index contributed by atoms with van der Waals surface area (Å²) < 4.78 is 7.23. The maximum absolute atomic E-state index is 6.11. The summed E-state index contributed by atoms with van der Waals surface area (Å²) in [6.45, 7) is 1.93. The highest BCUT2D eigenvalue weighted by Crippen LogP contribution is 2.27. The molecule has 5 heteroatoms. The van der Waals surface area contributed by atoms with Crippen LogP contribution in [0.2, 0.25) is 5.15 Å². The Morgan fingerprint density at radius 3 is 2.94 bits per heavy atom. The van der Waals surface area contributed by atoms with E-state index in [4.69, 9.17) is 16.3 Å². The van der Waals surface area contributed by atoms with Gasteiger partial charge in [0.25, 0.3) is 0 Å². The fraction of sp³-hybridized carbons (Fsp3) is 0.364. The van der Waals surface area contributed by atoms with Crippen molar-refractivity contribution in [2.75, 3.05) is 20.2 Å². The number of nitrogens with zero attached hydrogens (tertiary/aromatic N) is 2. The first kappa shape index (κ1) is 9.93. The molecule has 1 saturated heterocycles. The average molecular weight is 238 g/mol. The molecule has 0 spiro atoms. The summed E-state index contributed by atoms with van der Waals surface area (Å²) in [5, 5.41) is 3.79. The molecule has 1 aliphatic heterocycles. The van der Waals surface area contributed by atoms with Gasteiger partial charge < -0.3 is 10.1 Å². The summed E-state index contributed by atoms with van der Waals surface area (Å²) in [7, 11) is 1.66. The van der Waals surface area contributed by atoms with E-state index < -0.39 is 0 Å². The second-order valence-electron chi connectivity index (χ2n) is 3.94. The molecule has 0 bridgehead atoms. The van der Waals surface area contributed by atoms with Gasteiger partial charge in [-0.2, -0.15) is 0 Å². The predicted molar refractivity (Wildman–Crippen MR) is 62.4 cm³/mol. The van der Waals surface area contributed by atoms with Gasteiger partial charge in [-0.1, -0.05) is 11.6 Å². The molecule has 1 N–H and O–H groups in total. The molecule has 0 aliphatic carbocycles. The molecule has 84 valence electrons. The van der Waals surface area contributed by atoms with Gasteiger partial charge in [-0.25, -0.2) is 4.98 Å². The zero-order valence-corrected chi connectivity index (χ0v) is 9.66. The summed E-state index contributed by atoms with van der Waals surface area (Å²) in [6, 6.07) is 3.83. The topological polar surface area (TPSA) is 38.6 Å². The second-order valence-corrected chi connectivity index (χ2v) is 4.30. The molecule has 16 heavy (non-hydrogen) atoms. The van der Waals surface area contributed by atoms with Gasteiger partial charge in [0, 0.05) is 19.0 Å². The van der Waals surface area contributed by atoms with Crippen molar-refractivity contribution in [3.63, 3.8) is 0 Å². The zero-order valence-electron chi connectivity index (χ0n) is 8.90. The number of ether oxygens (including phenoxy) is 1. The van der Waals surface area contributed by atoms with Crippen LogP contribution in [-0.2, 0) is 0 Å². The van der Waals surface area contributed by atoms with Crippen molar-refractivity contribution in [2.45, 2.75) is 5.92 Å². The highest BCUT2D eigenvalue weighted by Gasteiger charge is 2.24. The molecule has 3 rings (SSSR count). The summed E-state index contributed by atoms with van der Waals surface area (Å²) in [6.07, 6.45) is 1.93. The van der Waals surface area contributed by atoms with Crippen molar-refractivity contribution < 1.29 is 4.74 Å². The van der Waals surface area contributed by atoms with Crippen molar-refractivity contribution in [3.05, 3.63) is 29.3 Å². The molecule has 0 amide bonds. The van der Waals surface area contributed by atoms with E-state index in [0.29, 0.717) is 11.1 Å².